The van der Waals surface area contributed by atoms with E-state index >= 15 is 0 Å². The molecule has 0 unspecified atom stereocenters. The molecule has 4 aromatic heterocycles. The van der Waals surface area contributed by atoms with Crippen LogP contribution in [-0.2, 0) is 0 Å². The van der Waals surface area contributed by atoms with E-state index in [-0.39, 0.29) is 0 Å². The van der Waals surface area contributed by atoms with Crippen molar-refractivity contribution in [2.24, 2.45) is 0 Å². The van der Waals surface area contributed by atoms with Crippen molar-refractivity contribution >= 4 is 43.6 Å². The summed E-state index contributed by atoms with van der Waals surface area (Å²) in [6, 6.07) is 187. The fourth-order valence-electron chi connectivity index (χ4n) is 20.1. The highest BCUT2D eigenvalue weighted by atomic mass is 15.0. The van der Waals surface area contributed by atoms with Gasteiger partial charge in [0, 0.05) is 66.3 Å². The quantitative estimate of drug-likeness (QED) is 0.0756. The summed E-state index contributed by atoms with van der Waals surface area (Å²) in [6.07, 6.45) is 0. The Kier molecular flexibility index (Phi) is 21.5. The first kappa shape index (κ1) is 83.1. The summed E-state index contributed by atoms with van der Waals surface area (Å²) in [5.74, 6) is 3.51. The normalized spacial score (nSPS) is 11.4. The predicted molar refractivity (Wildman–Crippen MR) is 580 cm³/mol. The minimum atomic E-state index is 0.578. The van der Waals surface area contributed by atoms with E-state index in [2.05, 4.69) is 494 Å². The van der Waals surface area contributed by atoms with Gasteiger partial charge in [0.15, 0.2) is 34.9 Å². The zero-order chi connectivity index (χ0) is 92.8. The lowest BCUT2D eigenvalue weighted by Gasteiger charge is -2.13. The third kappa shape index (κ3) is 16.2. The third-order valence-corrected chi connectivity index (χ3v) is 26.9. The average Bonchev–Trinajstić information content (AvgIpc) is 1.57. The molecule has 0 aliphatic rings. The second-order valence-electron chi connectivity index (χ2n) is 35.7. The molecular formula is C132H86N8. The average molecular weight is 1780 g/mol. The summed E-state index contributed by atoms with van der Waals surface area (Å²) in [6.45, 7) is 0. The van der Waals surface area contributed by atoms with Gasteiger partial charge in [-0.25, -0.2) is 29.9 Å². The Morgan fingerprint density at radius 3 is 0.607 bits per heavy atom. The zero-order valence-electron chi connectivity index (χ0n) is 76.2. The first-order valence-electron chi connectivity index (χ1n) is 47.5. The van der Waals surface area contributed by atoms with Crippen molar-refractivity contribution < 1.29 is 0 Å². The zero-order valence-corrected chi connectivity index (χ0v) is 76.2. The second-order valence-corrected chi connectivity index (χ2v) is 35.7. The Labute approximate surface area is 811 Å². The van der Waals surface area contributed by atoms with Crippen LogP contribution in [0.4, 0.5) is 0 Å². The highest BCUT2D eigenvalue weighted by Crippen LogP contribution is 2.47. The Hall–Kier alpha value is -18.8. The van der Waals surface area contributed by atoms with Crippen LogP contribution in [0.3, 0.4) is 0 Å². The van der Waals surface area contributed by atoms with E-state index < -0.39 is 0 Å². The van der Waals surface area contributed by atoms with E-state index in [4.69, 9.17) is 29.9 Å². The number of hydrogen-bond acceptors (Lipinski definition) is 6. The van der Waals surface area contributed by atoms with Crippen molar-refractivity contribution in [2.45, 2.75) is 0 Å². The lowest BCUT2D eigenvalue weighted by molar-refractivity contribution is 1.07. The van der Waals surface area contributed by atoms with Crippen molar-refractivity contribution in [1.82, 2.24) is 39.0 Å². The molecule has 654 valence electrons. The molecule has 25 rings (SSSR count). The summed E-state index contributed by atoms with van der Waals surface area (Å²) in [5, 5.41) is 4.56. The molecule has 0 fully saturated rings. The largest absolute Gasteiger partial charge is 0.309 e. The molecule has 21 aromatic carbocycles. The number of benzene rings is 21. The molecule has 8 heteroatoms. The van der Waals surface area contributed by atoms with E-state index in [0.29, 0.717) is 34.9 Å². The lowest BCUT2D eigenvalue weighted by atomic mass is 9.93. The van der Waals surface area contributed by atoms with Crippen LogP contribution in [0, 0.1) is 0 Å². The van der Waals surface area contributed by atoms with E-state index in [0.717, 1.165) is 222 Å². The van der Waals surface area contributed by atoms with E-state index in [1.54, 1.807) is 0 Å². The van der Waals surface area contributed by atoms with Gasteiger partial charge >= 0.3 is 0 Å². The molecule has 140 heavy (non-hydrogen) atoms. The molecule has 0 radical (unpaired) electrons. The number of rotatable bonds is 20. The van der Waals surface area contributed by atoms with Crippen LogP contribution in [0.1, 0.15) is 0 Å². The summed E-state index contributed by atoms with van der Waals surface area (Å²) < 4.78 is 4.89. The first-order valence-corrected chi connectivity index (χ1v) is 47.5. The van der Waals surface area contributed by atoms with Crippen molar-refractivity contribution in [2.75, 3.05) is 0 Å². The van der Waals surface area contributed by atoms with Gasteiger partial charge in [0.05, 0.1) is 22.1 Å². The highest BCUT2D eigenvalue weighted by molar-refractivity contribution is 6.18. The molecule has 0 bridgehead atoms. The van der Waals surface area contributed by atoms with E-state index in [1.165, 1.54) is 0 Å². The Balaban J connectivity index is 0.562. The number of nitrogens with zero attached hydrogens (tertiary/aromatic N) is 8. The van der Waals surface area contributed by atoms with Crippen molar-refractivity contribution in [3.63, 3.8) is 0 Å². The summed E-state index contributed by atoms with van der Waals surface area (Å²) >= 11 is 0. The third-order valence-electron chi connectivity index (χ3n) is 26.9. The van der Waals surface area contributed by atoms with Crippen LogP contribution in [0.2, 0.25) is 0 Å². The van der Waals surface area contributed by atoms with Crippen LogP contribution in [0.25, 0.3) is 257 Å². The van der Waals surface area contributed by atoms with Crippen molar-refractivity contribution in [1.29, 1.82) is 0 Å². The summed E-state index contributed by atoms with van der Waals surface area (Å²) in [5.41, 5.74) is 38.5. The smallest absolute Gasteiger partial charge is 0.164 e. The lowest BCUT2D eigenvalue weighted by Crippen LogP contribution is -2.00. The van der Waals surface area contributed by atoms with Gasteiger partial charge in [-0.3, -0.25) is 0 Å². The van der Waals surface area contributed by atoms with Crippen LogP contribution in [0.15, 0.2) is 522 Å². The summed E-state index contributed by atoms with van der Waals surface area (Å²) in [7, 11) is 0. The Morgan fingerprint density at radius 1 is 0.114 bits per heavy atom. The van der Waals surface area contributed by atoms with Crippen LogP contribution in [-0.4, -0.2) is 39.0 Å². The van der Waals surface area contributed by atoms with Gasteiger partial charge < -0.3 is 9.13 Å². The van der Waals surface area contributed by atoms with Gasteiger partial charge in [0.2, 0.25) is 0 Å². The Bertz CT molecular complexity index is 8380. The second kappa shape index (κ2) is 36.2. The molecule has 0 saturated heterocycles. The number of fused-ring (bicyclic) bond motifs is 6. The first-order chi connectivity index (χ1) is 69.3. The van der Waals surface area contributed by atoms with Gasteiger partial charge in [0.1, 0.15) is 0 Å². The molecule has 0 spiro atoms. The molecule has 0 aliphatic heterocycles. The minimum absolute atomic E-state index is 0.578. The molecule has 8 nitrogen and oxygen atoms in total. The van der Waals surface area contributed by atoms with Gasteiger partial charge in [0.25, 0.3) is 0 Å². The fourth-order valence-corrected chi connectivity index (χ4v) is 20.1. The van der Waals surface area contributed by atoms with Gasteiger partial charge in [-0.1, -0.05) is 394 Å². The molecule has 0 atom stereocenters. The number of hydrogen-bond donors (Lipinski definition) is 0. The summed E-state index contributed by atoms with van der Waals surface area (Å²) in [4.78, 5) is 32.1. The Morgan fingerprint density at radius 2 is 0.307 bits per heavy atom. The maximum atomic E-state index is 5.42. The van der Waals surface area contributed by atoms with Crippen molar-refractivity contribution in [3.05, 3.63) is 522 Å². The topological polar surface area (TPSA) is 87.2 Å². The molecule has 0 amide bonds. The molecule has 0 saturated carbocycles. The predicted octanol–water partition coefficient (Wildman–Crippen LogP) is 34.3. The van der Waals surface area contributed by atoms with Crippen LogP contribution in [0.5, 0.6) is 0 Å². The molecule has 25 aromatic rings. The maximum absolute atomic E-state index is 5.42. The highest BCUT2D eigenvalue weighted by Gasteiger charge is 2.25. The monoisotopic (exact) mass is 1780 g/mol. The molecule has 0 aliphatic carbocycles. The SMILES string of the molecule is c1ccc(-c2cc(-c3ccccc3)cc(-c3cccc(-c4nc(-c5ccccc5)nc(-c5cccc(-c6cccc7c6c6cc(-c8ccccc8)ccc6n7-c6cccc(-c7cccc(-c8cccc(-n9c%10ccc(-c%11ccccc%11)cc%10c%10c(-c%11cccc(-c%12nc(-c%13ccccc%13)nc(-c%13cccc(-c%14cc(-c%15ccccc%15)cc(-c%15ccccc%15)c%14)c%13)n%12)c%11)cccc%109)c8)c7)c6)c5)n4)c3)c2)cc1. The van der Waals surface area contributed by atoms with Crippen LogP contribution >= 0.6 is 0 Å². The van der Waals surface area contributed by atoms with Gasteiger partial charge in [-0.05, 0) is 261 Å². The van der Waals surface area contributed by atoms with E-state index in [9.17, 15) is 0 Å². The fraction of sp³-hybridized carbons (Fsp3) is 0. The van der Waals surface area contributed by atoms with E-state index in [1.807, 2.05) is 36.4 Å². The minimum Gasteiger partial charge on any atom is -0.309 e. The van der Waals surface area contributed by atoms with Crippen molar-refractivity contribution in [3.8, 4) is 213 Å². The standard InChI is InChI=1S/C132H86N8/c1-9-34-87(35-10-1)101-68-70-121-119(85-101)125-117(103-56-28-60-107(75-103)131-135-127(93-46-21-7-22-47-93)133-129(137-131)105-58-26-52-97(73-105)113-79-109(89-38-13-3-14-39-89)77-110(80-113)90-40-15-4-16-41-90)64-32-66-123(125)139(121)115-62-30-54-99(83-115)95-50-25-51-96(72-95)100-55-31-63-116(84-100)140-122-71-69-102(88-36-11-2-12-37-88)86-120(122)126-118(65-33-67-124(126)140)104-57-29-61-108(76-104)132-136-128(94-48-23-8-24-49-94)134-130(138-132)106-59-27-53-98(74-106)114-81-111(91-42-17-5-18-43-91)78-112(82-114)92-44-19-6-20-45-92/h1-86H. The van der Waals surface area contributed by atoms with Crippen LogP contribution < -0.4 is 0 Å². The molecule has 4 heterocycles. The van der Waals surface area contributed by atoms with Gasteiger partial charge in [-0.2, -0.15) is 0 Å². The molecular weight excluding hydrogens is 1700 g/mol. The molecule has 0 N–H and O–H groups in total. The van der Waals surface area contributed by atoms with Gasteiger partial charge in [-0.15, -0.1) is 0 Å². The maximum Gasteiger partial charge on any atom is 0.164 e. The number of aromatic nitrogens is 8.